The van der Waals surface area contributed by atoms with Crippen LogP contribution in [-0.2, 0) is 0 Å². The van der Waals surface area contributed by atoms with Crippen LogP contribution < -0.4 is 5.32 Å². The van der Waals surface area contributed by atoms with Gasteiger partial charge in [0.05, 0.1) is 0 Å². The van der Waals surface area contributed by atoms with Gasteiger partial charge in [-0.3, -0.25) is 0 Å². The third-order valence-corrected chi connectivity index (χ3v) is 4.17. The van der Waals surface area contributed by atoms with Crippen molar-refractivity contribution in [2.75, 3.05) is 7.05 Å². The van der Waals surface area contributed by atoms with Crippen molar-refractivity contribution in [1.82, 2.24) is 5.32 Å². The summed E-state index contributed by atoms with van der Waals surface area (Å²) in [4.78, 5) is 0. The van der Waals surface area contributed by atoms with E-state index in [-0.39, 0.29) is 0 Å². The van der Waals surface area contributed by atoms with Gasteiger partial charge >= 0.3 is 0 Å². The largest absolute Gasteiger partial charge is 0.317 e. The summed E-state index contributed by atoms with van der Waals surface area (Å²) in [5.41, 5.74) is 4.52. The zero-order valence-corrected chi connectivity index (χ0v) is 10.7. The highest BCUT2D eigenvalue weighted by molar-refractivity contribution is 5.35. The molecule has 1 fully saturated rings. The second kappa shape index (κ2) is 5.01. The highest BCUT2D eigenvalue weighted by Gasteiger charge is 2.23. The van der Waals surface area contributed by atoms with Gasteiger partial charge in [0, 0.05) is 6.04 Å². The molecule has 2 rings (SSSR count). The minimum absolute atomic E-state index is 0.721. The lowest BCUT2D eigenvalue weighted by atomic mass is 9.79. The van der Waals surface area contributed by atoms with E-state index < -0.39 is 0 Å². The first-order valence-corrected chi connectivity index (χ1v) is 6.45. The van der Waals surface area contributed by atoms with E-state index in [1.807, 2.05) is 0 Å². The van der Waals surface area contributed by atoms with Crippen molar-refractivity contribution < 1.29 is 0 Å². The molecule has 0 saturated heterocycles. The molecular weight excluding hydrogens is 194 g/mol. The molecule has 0 heterocycles. The Balaban J connectivity index is 2.20. The van der Waals surface area contributed by atoms with Crippen molar-refractivity contribution in [2.24, 2.45) is 0 Å². The first-order chi connectivity index (χ1) is 7.72. The Kier molecular flexibility index (Phi) is 3.65. The van der Waals surface area contributed by atoms with Crippen molar-refractivity contribution in [1.29, 1.82) is 0 Å². The number of hydrogen-bond acceptors (Lipinski definition) is 1. The molecule has 1 aliphatic rings. The average molecular weight is 217 g/mol. The molecule has 16 heavy (non-hydrogen) atoms. The minimum atomic E-state index is 0.721. The number of benzene rings is 1. The van der Waals surface area contributed by atoms with Crippen LogP contribution in [0.4, 0.5) is 0 Å². The Labute approximate surface area is 99.3 Å². The van der Waals surface area contributed by atoms with Crippen LogP contribution in [0.15, 0.2) is 18.2 Å². The SMILES string of the molecule is CNC1CCCC(c2cccc(C)c2C)C1. The average Bonchev–Trinajstić information content (AvgIpc) is 2.33. The second-order valence-electron chi connectivity index (χ2n) is 5.14. The van der Waals surface area contributed by atoms with Crippen molar-refractivity contribution in [3.8, 4) is 0 Å². The van der Waals surface area contributed by atoms with Gasteiger partial charge in [0.15, 0.2) is 0 Å². The van der Waals surface area contributed by atoms with Crippen molar-refractivity contribution in [3.05, 3.63) is 34.9 Å². The van der Waals surface area contributed by atoms with Gasteiger partial charge < -0.3 is 5.32 Å². The van der Waals surface area contributed by atoms with Gasteiger partial charge in [0.25, 0.3) is 0 Å². The molecule has 0 bridgehead atoms. The summed E-state index contributed by atoms with van der Waals surface area (Å²) in [6.07, 6.45) is 5.38. The maximum atomic E-state index is 3.44. The lowest BCUT2D eigenvalue weighted by Gasteiger charge is -2.30. The van der Waals surface area contributed by atoms with Crippen molar-refractivity contribution >= 4 is 0 Å². The number of hydrogen-bond donors (Lipinski definition) is 1. The predicted molar refractivity (Wildman–Crippen MR) is 70.0 cm³/mol. The zero-order valence-electron chi connectivity index (χ0n) is 10.7. The fraction of sp³-hybridized carbons (Fsp3) is 0.600. The Bertz CT molecular complexity index is 356. The van der Waals surface area contributed by atoms with E-state index in [1.54, 1.807) is 5.56 Å². The Morgan fingerprint density at radius 3 is 2.75 bits per heavy atom. The number of rotatable bonds is 2. The molecule has 1 heteroatoms. The molecule has 1 saturated carbocycles. The molecule has 2 unspecified atom stereocenters. The van der Waals surface area contributed by atoms with E-state index in [2.05, 4.69) is 44.4 Å². The van der Waals surface area contributed by atoms with Gasteiger partial charge in [0.2, 0.25) is 0 Å². The quantitative estimate of drug-likeness (QED) is 0.799. The Morgan fingerprint density at radius 2 is 2.00 bits per heavy atom. The minimum Gasteiger partial charge on any atom is -0.317 e. The molecule has 2 atom stereocenters. The van der Waals surface area contributed by atoms with Gasteiger partial charge in [-0.05, 0) is 62.8 Å². The summed E-state index contributed by atoms with van der Waals surface area (Å²) in [6.45, 7) is 4.49. The van der Waals surface area contributed by atoms with Gasteiger partial charge in [-0.1, -0.05) is 24.6 Å². The van der Waals surface area contributed by atoms with Crippen LogP contribution in [0.1, 0.15) is 48.3 Å². The summed E-state index contributed by atoms with van der Waals surface area (Å²) < 4.78 is 0. The third-order valence-electron chi connectivity index (χ3n) is 4.17. The molecule has 1 aromatic carbocycles. The topological polar surface area (TPSA) is 12.0 Å². The molecule has 0 spiro atoms. The molecule has 1 nitrogen and oxygen atoms in total. The van der Waals surface area contributed by atoms with Gasteiger partial charge in [-0.2, -0.15) is 0 Å². The second-order valence-corrected chi connectivity index (χ2v) is 5.14. The number of nitrogens with one attached hydrogen (secondary N) is 1. The lowest BCUT2D eigenvalue weighted by molar-refractivity contribution is 0.355. The van der Waals surface area contributed by atoms with Crippen LogP contribution in [0.5, 0.6) is 0 Å². The molecule has 0 aromatic heterocycles. The van der Waals surface area contributed by atoms with Gasteiger partial charge in [-0.25, -0.2) is 0 Å². The highest BCUT2D eigenvalue weighted by atomic mass is 14.9. The normalized spacial score (nSPS) is 25.7. The zero-order chi connectivity index (χ0) is 11.5. The maximum absolute atomic E-state index is 3.44. The molecular formula is C15H23N. The standard InChI is InChI=1S/C15H23N/c1-11-6-4-9-15(12(11)2)13-7-5-8-14(10-13)16-3/h4,6,9,13-14,16H,5,7-8,10H2,1-3H3. The summed E-state index contributed by atoms with van der Waals surface area (Å²) in [7, 11) is 2.09. The van der Waals surface area contributed by atoms with Crippen LogP contribution in [0.25, 0.3) is 0 Å². The molecule has 0 radical (unpaired) electrons. The van der Waals surface area contributed by atoms with Gasteiger partial charge in [-0.15, -0.1) is 0 Å². The summed E-state index contributed by atoms with van der Waals surface area (Å²) >= 11 is 0. The van der Waals surface area contributed by atoms with E-state index in [1.165, 1.54) is 36.8 Å². The smallest absolute Gasteiger partial charge is 0.00698 e. The van der Waals surface area contributed by atoms with E-state index in [4.69, 9.17) is 0 Å². The molecule has 1 aliphatic carbocycles. The molecule has 0 amide bonds. The summed E-state index contributed by atoms with van der Waals surface area (Å²) in [5, 5.41) is 3.44. The van der Waals surface area contributed by atoms with E-state index >= 15 is 0 Å². The molecule has 1 aromatic rings. The van der Waals surface area contributed by atoms with E-state index in [0.717, 1.165) is 12.0 Å². The lowest BCUT2D eigenvalue weighted by Crippen LogP contribution is -2.30. The fourth-order valence-electron chi connectivity index (χ4n) is 2.95. The van der Waals surface area contributed by atoms with Crippen molar-refractivity contribution in [2.45, 2.75) is 51.5 Å². The van der Waals surface area contributed by atoms with Crippen LogP contribution in [0.3, 0.4) is 0 Å². The predicted octanol–water partition coefficient (Wildman–Crippen LogP) is 3.55. The summed E-state index contributed by atoms with van der Waals surface area (Å²) in [6, 6.07) is 7.47. The molecule has 1 N–H and O–H groups in total. The first kappa shape index (κ1) is 11.7. The maximum Gasteiger partial charge on any atom is 0.00698 e. The highest BCUT2D eigenvalue weighted by Crippen LogP contribution is 2.35. The summed E-state index contributed by atoms with van der Waals surface area (Å²) in [5.74, 6) is 0.770. The monoisotopic (exact) mass is 217 g/mol. The van der Waals surface area contributed by atoms with Crippen LogP contribution >= 0.6 is 0 Å². The van der Waals surface area contributed by atoms with Crippen molar-refractivity contribution in [3.63, 3.8) is 0 Å². The fourth-order valence-corrected chi connectivity index (χ4v) is 2.95. The van der Waals surface area contributed by atoms with E-state index in [9.17, 15) is 0 Å². The Morgan fingerprint density at radius 1 is 1.19 bits per heavy atom. The molecule has 88 valence electrons. The van der Waals surface area contributed by atoms with Crippen LogP contribution in [0.2, 0.25) is 0 Å². The molecule has 0 aliphatic heterocycles. The first-order valence-electron chi connectivity index (χ1n) is 6.45. The third kappa shape index (κ3) is 2.30. The van der Waals surface area contributed by atoms with Gasteiger partial charge in [0.1, 0.15) is 0 Å². The van der Waals surface area contributed by atoms with Crippen LogP contribution in [-0.4, -0.2) is 13.1 Å². The Hall–Kier alpha value is -0.820. The van der Waals surface area contributed by atoms with Crippen LogP contribution in [0, 0.1) is 13.8 Å². The van der Waals surface area contributed by atoms with E-state index in [0.29, 0.717) is 0 Å². The number of aryl methyl sites for hydroxylation is 1.